The molecule has 124 valence electrons. The standard InChI is InChI=1S/C18H18N2O4/c1-11-4-6-12(7-5-11)10-20-8-2-3-15(17(20)22)19-16(21)13-9-14(13)18(23)24/h2-8,13-14H,9-10H2,1H3,(H,19,21)(H,23,24)/t13-,14+/m0/s1. The number of amides is 1. The van der Waals surface area contributed by atoms with Crippen LogP contribution in [0.3, 0.4) is 0 Å². The van der Waals surface area contributed by atoms with Crippen LogP contribution < -0.4 is 10.9 Å². The summed E-state index contributed by atoms with van der Waals surface area (Å²) in [6.45, 7) is 2.40. The van der Waals surface area contributed by atoms with Crippen molar-refractivity contribution in [1.29, 1.82) is 0 Å². The molecule has 1 aliphatic carbocycles. The maximum absolute atomic E-state index is 12.5. The normalized spacial score (nSPS) is 18.9. The van der Waals surface area contributed by atoms with Crippen molar-refractivity contribution in [1.82, 2.24) is 4.57 Å². The fourth-order valence-corrected chi connectivity index (χ4v) is 2.63. The van der Waals surface area contributed by atoms with Gasteiger partial charge in [-0.2, -0.15) is 0 Å². The topological polar surface area (TPSA) is 88.4 Å². The number of pyridine rings is 1. The molecule has 2 N–H and O–H groups in total. The van der Waals surface area contributed by atoms with Gasteiger partial charge in [0.1, 0.15) is 5.69 Å². The highest BCUT2D eigenvalue weighted by atomic mass is 16.4. The Hall–Kier alpha value is -2.89. The Morgan fingerprint density at radius 1 is 1.21 bits per heavy atom. The predicted molar refractivity (Wildman–Crippen MR) is 88.8 cm³/mol. The molecule has 6 heteroatoms. The lowest BCUT2D eigenvalue weighted by Gasteiger charge is -2.09. The number of carboxylic acids is 1. The molecule has 0 unspecified atom stereocenters. The van der Waals surface area contributed by atoms with Crippen molar-refractivity contribution < 1.29 is 14.7 Å². The number of rotatable bonds is 5. The average molecular weight is 326 g/mol. The number of aryl methyl sites for hydroxylation is 1. The van der Waals surface area contributed by atoms with Crippen LogP contribution in [0.15, 0.2) is 47.4 Å². The second-order valence-electron chi connectivity index (χ2n) is 6.12. The predicted octanol–water partition coefficient (Wildman–Crippen LogP) is 1.86. The molecular weight excluding hydrogens is 308 g/mol. The zero-order chi connectivity index (χ0) is 17.3. The second kappa shape index (κ2) is 6.31. The highest BCUT2D eigenvalue weighted by Crippen LogP contribution is 2.39. The van der Waals surface area contributed by atoms with E-state index in [0.29, 0.717) is 13.0 Å². The molecule has 1 fully saturated rings. The number of hydrogen-bond donors (Lipinski definition) is 2. The van der Waals surface area contributed by atoms with Gasteiger partial charge in [0, 0.05) is 6.20 Å². The first-order valence-electron chi connectivity index (χ1n) is 7.74. The quantitative estimate of drug-likeness (QED) is 0.878. The number of nitrogens with one attached hydrogen (secondary N) is 1. The summed E-state index contributed by atoms with van der Waals surface area (Å²) in [4.78, 5) is 35.3. The van der Waals surface area contributed by atoms with E-state index in [1.54, 1.807) is 12.3 Å². The van der Waals surface area contributed by atoms with Crippen LogP contribution in [-0.4, -0.2) is 21.6 Å². The van der Waals surface area contributed by atoms with Gasteiger partial charge in [0.25, 0.3) is 5.56 Å². The first kappa shape index (κ1) is 16.0. The van der Waals surface area contributed by atoms with Crippen LogP contribution >= 0.6 is 0 Å². The molecule has 2 atom stereocenters. The van der Waals surface area contributed by atoms with E-state index in [1.807, 2.05) is 31.2 Å². The van der Waals surface area contributed by atoms with E-state index in [-0.39, 0.29) is 11.2 Å². The van der Waals surface area contributed by atoms with Gasteiger partial charge in [0.05, 0.1) is 18.4 Å². The van der Waals surface area contributed by atoms with Crippen molar-refractivity contribution in [3.63, 3.8) is 0 Å². The number of aliphatic carboxylic acids is 1. The van der Waals surface area contributed by atoms with E-state index in [9.17, 15) is 14.4 Å². The van der Waals surface area contributed by atoms with Gasteiger partial charge >= 0.3 is 5.97 Å². The van der Waals surface area contributed by atoms with Gasteiger partial charge in [-0.1, -0.05) is 29.8 Å². The first-order chi connectivity index (χ1) is 11.5. The van der Waals surface area contributed by atoms with Gasteiger partial charge in [0.2, 0.25) is 5.91 Å². The molecule has 1 aromatic heterocycles. The number of hydrogen-bond acceptors (Lipinski definition) is 3. The molecule has 0 spiro atoms. The minimum absolute atomic E-state index is 0.172. The molecule has 0 saturated heterocycles. The third-order valence-corrected chi connectivity index (χ3v) is 4.20. The van der Waals surface area contributed by atoms with E-state index < -0.39 is 23.7 Å². The molecule has 1 amide bonds. The third kappa shape index (κ3) is 3.37. The number of nitrogens with zero attached hydrogens (tertiary/aromatic N) is 1. The smallest absolute Gasteiger partial charge is 0.307 e. The Kier molecular flexibility index (Phi) is 4.20. The average Bonchev–Trinajstić information content (AvgIpc) is 3.34. The summed E-state index contributed by atoms with van der Waals surface area (Å²) in [5.74, 6) is -2.57. The van der Waals surface area contributed by atoms with E-state index in [1.165, 1.54) is 10.6 Å². The van der Waals surface area contributed by atoms with E-state index >= 15 is 0 Å². The fourth-order valence-electron chi connectivity index (χ4n) is 2.63. The van der Waals surface area contributed by atoms with Crippen LogP contribution in [0.25, 0.3) is 0 Å². The Labute approximate surface area is 138 Å². The maximum atomic E-state index is 12.5. The van der Waals surface area contributed by atoms with Crippen molar-refractivity contribution in [2.45, 2.75) is 19.9 Å². The highest BCUT2D eigenvalue weighted by Gasteiger charge is 2.48. The monoisotopic (exact) mass is 326 g/mol. The van der Waals surface area contributed by atoms with Gasteiger partial charge in [0.15, 0.2) is 0 Å². The molecule has 6 nitrogen and oxygen atoms in total. The van der Waals surface area contributed by atoms with E-state index in [4.69, 9.17) is 5.11 Å². The van der Waals surface area contributed by atoms with E-state index in [2.05, 4.69) is 5.32 Å². The van der Waals surface area contributed by atoms with Gasteiger partial charge in [-0.25, -0.2) is 0 Å². The second-order valence-corrected chi connectivity index (χ2v) is 6.12. The molecule has 0 bridgehead atoms. The molecule has 0 radical (unpaired) electrons. The van der Waals surface area contributed by atoms with Crippen LogP contribution in [-0.2, 0) is 16.1 Å². The number of carboxylic acid groups (broad SMARTS) is 1. The Bertz CT molecular complexity index is 839. The maximum Gasteiger partial charge on any atom is 0.307 e. The Balaban J connectivity index is 1.74. The van der Waals surface area contributed by atoms with Crippen LogP contribution in [0.4, 0.5) is 5.69 Å². The number of carbonyl (C=O) groups is 2. The van der Waals surface area contributed by atoms with Gasteiger partial charge < -0.3 is 15.0 Å². The lowest BCUT2D eigenvalue weighted by Crippen LogP contribution is -2.27. The Morgan fingerprint density at radius 2 is 1.92 bits per heavy atom. The van der Waals surface area contributed by atoms with Crippen LogP contribution in [0.5, 0.6) is 0 Å². The number of carbonyl (C=O) groups excluding carboxylic acids is 1. The van der Waals surface area contributed by atoms with Gasteiger partial charge in [-0.3, -0.25) is 14.4 Å². The summed E-state index contributed by atoms with van der Waals surface area (Å²) in [5, 5.41) is 11.4. The fraction of sp³-hybridized carbons (Fsp3) is 0.278. The van der Waals surface area contributed by atoms with Crippen molar-refractivity contribution in [2.75, 3.05) is 5.32 Å². The third-order valence-electron chi connectivity index (χ3n) is 4.20. The summed E-state index contributed by atoms with van der Waals surface area (Å²) >= 11 is 0. The molecule has 1 saturated carbocycles. The largest absolute Gasteiger partial charge is 0.481 e. The van der Waals surface area contributed by atoms with Crippen molar-refractivity contribution in [2.24, 2.45) is 11.8 Å². The molecule has 0 aliphatic heterocycles. The number of anilines is 1. The molecule has 1 heterocycles. The summed E-state index contributed by atoms with van der Waals surface area (Å²) in [6.07, 6.45) is 1.99. The Morgan fingerprint density at radius 3 is 2.54 bits per heavy atom. The SMILES string of the molecule is Cc1ccc(Cn2cccc(NC(=O)[C@H]3C[C@H]3C(=O)O)c2=O)cc1. The summed E-state index contributed by atoms with van der Waals surface area (Å²) in [7, 11) is 0. The van der Waals surface area contributed by atoms with Crippen molar-refractivity contribution in [3.8, 4) is 0 Å². The summed E-state index contributed by atoms with van der Waals surface area (Å²) < 4.78 is 1.52. The van der Waals surface area contributed by atoms with Gasteiger partial charge in [-0.15, -0.1) is 0 Å². The minimum Gasteiger partial charge on any atom is -0.481 e. The summed E-state index contributed by atoms with van der Waals surface area (Å²) in [5.41, 5.74) is 1.99. The molecule has 24 heavy (non-hydrogen) atoms. The zero-order valence-corrected chi connectivity index (χ0v) is 13.2. The van der Waals surface area contributed by atoms with Crippen LogP contribution in [0.2, 0.25) is 0 Å². The molecule has 1 aromatic carbocycles. The van der Waals surface area contributed by atoms with Gasteiger partial charge in [-0.05, 0) is 31.0 Å². The first-order valence-corrected chi connectivity index (χ1v) is 7.74. The lowest BCUT2D eigenvalue weighted by molar-refractivity contribution is -0.139. The molecule has 3 rings (SSSR count). The van der Waals surface area contributed by atoms with Crippen molar-refractivity contribution >= 4 is 17.6 Å². The lowest BCUT2D eigenvalue weighted by atomic mass is 10.1. The van der Waals surface area contributed by atoms with Crippen LogP contribution in [0, 0.1) is 18.8 Å². The molecule has 1 aliphatic rings. The van der Waals surface area contributed by atoms with Crippen LogP contribution in [0.1, 0.15) is 17.5 Å². The summed E-state index contributed by atoms with van der Waals surface area (Å²) in [6, 6.07) is 11.1. The molecular formula is C18H18N2O4. The number of aromatic nitrogens is 1. The number of benzene rings is 1. The zero-order valence-electron chi connectivity index (χ0n) is 13.2. The highest BCUT2D eigenvalue weighted by molar-refractivity contribution is 5.98. The van der Waals surface area contributed by atoms with Crippen molar-refractivity contribution in [3.05, 3.63) is 64.1 Å². The molecule has 2 aromatic rings. The minimum atomic E-state index is -0.972. The van der Waals surface area contributed by atoms with E-state index in [0.717, 1.165) is 11.1 Å².